The Morgan fingerprint density at radius 2 is 1.23 bits per heavy atom. The molecule has 26 heavy (non-hydrogen) atoms. The van der Waals surface area contributed by atoms with Crippen LogP contribution in [0.15, 0.2) is 48.5 Å². The van der Waals surface area contributed by atoms with E-state index >= 15 is 0 Å². The quantitative estimate of drug-likeness (QED) is 0.738. The minimum atomic E-state index is -0.329. The van der Waals surface area contributed by atoms with Crippen molar-refractivity contribution < 1.29 is 9.59 Å². The summed E-state index contributed by atoms with van der Waals surface area (Å²) < 4.78 is 0. The molecule has 0 aliphatic carbocycles. The Kier molecular flexibility index (Phi) is 6.19. The van der Waals surface area contributed by atoms with Gasteiger partial charge in [-0.1, -0.05) is 58.9 Å². The summed E-state index contributed by atoms with van der Waals surface area (Å²) in [6.45, 7) is 10.6. The summed E-state index contributed by atoms with van der Waals surface area (Å²) in [7, 11) is 0. The molecule has 0 unspecified atom stereocenters. The van der Waals surface area contributed by atoms with Crippen LogP contribution in [0.3, 0.4) is 0 Å². The average Bonchev–Trinajstić information content (AvgIpc) is 2.54. The van der Waals surface area contributed by atoms with Crippen LogP contribution in [0.1, 0.15) is 58.1 Å². The zero-order chi connectivity index (χ0) is 19.3. The van der Waals surface area contributed by atoms with E-state index in [1.807, 2.05) is 48.5 Å². The second-order valence-corrected chi connectivity index (χ2v) is 7.88. The Balaban J connectivity index is 1.88. The lowest BCUT2D eigenvalue weighted by Gasteiger charge is -2.19. The van der Waals surface area contributed by atoms with Crippen molar-refractivity contribution in [1.29, 1.82) is 0 Å². The highest BCUT2D eigenvalue weighted by atomic mass is 16.2. The molecule has 0 radical (unpaired) electrons. The molecule has 0 saturated heterocycles. The molecule has 2 aromatic rings. The fourth-order valence-corrected chi connectivity index (χ4v) is 2.56. The number of carbonyl (C=O) groups is 2. The first-order valence-electron chi connectivity index (χ1n) is 8.95. The summed E-state index contributed by atoms with van der Waals surface area (Å²) in [6.07, 6.45) is -0.215. The molecule has 2 rings (SSSR count). The summed E-state index contributed by atoms with van der Waals surface area (Å²) in [4.78, 5) is 24.1. The molecular weight excluding hydrogens is 324 g/mol. The van der Waals surface area contributed by atoms with Crippen molar-refractivity contribution in [3.63, 3.8) is 0 Å². The first-order chi connectivity index (χ1) is 12.1. The summed E-state index contributed by atoms with van der Waals surface area (Å²) in [5.74, 6) is -0.217. The van der Waals surface area contributed by atoms with Crippen molar-refractivity contribution in [1.82, 2.24) is 0 Å². The predicted octanol–water partition coefficient (Wildman–Crippen LogP) is 5.07. The maximum atomic E-state index is 12.1. The number of amides is 2. The SMILES string of the molecule is CC(C)c1ccc(NC(=O)CC(=O)Nc2ccc(C(C)(C)C)cc2)cc1. The summed E-state index contributed by atoms with van der Waals surface area (Å²) in [5, 5.41) is 5.52. The Labute approximate surface area is 156 Å². The second kappa shape index (κ2) is 8.17. The van der Waals surface area contributed by atoms with E-state index in [0.29, 0.717) is 17.3 Å². The van der Waals surface area contributed by atoms with Gasteiger partial charge in [0, 0.05) is 11.4 Å². The van der Waals surface area contributed by atoms with Gasteiger partial charge in [0.1, 0.15) is 6.42 Å². The molecule has 0 atom stereocenters. The van der Waals surface area contributed by atoms with Crippen LogP contribution in [0.4, 0.5) is 11.4 Å². The second-order valence-electron chi connectivity index (χ2n) is 7.88. The van der Waals surface area contributed by atoms with E-state index in [9.17, 15) is 9.59 Å². The van der Waals surface area contributed by atoms with Crippen LogP contribution in [0.2, 0.25) is 0 Å². The molecule has 0 fully saturated rings. The third kappa shape index (κ3) is 5.73. The van der Waals surface area contributed by atoms with Crippen LogP contribution in [0.25, 0.3) is 0 Å². The van der Waals surface area contributed by atoms with Crippen molar-refractivity contribution in [3.05, 3.63) is 59.7 Å². The molecule has 2 aromatic carbocycles. The third-order valence-electron chi connectivity index (χ3n) is 4.22. The molecule has 4 heteroatoms. The molecule has 0 bridgehead atoms. The fraction of sp³-hybridized carbons (Fsp3) is 0.364. The van der Waals surface area contributed by atoms with E-state index in [1.165, 1.54) is 11.1 Å². The number of hydrogen-bond donors (Lipinski definition) is 2. The van der Waals surface area contributed by atoms with E-state index in [4.69, 9.17) is 0 Å². The zero-order valence-corrected chi connectivity index (χ0v) is 16.2. The van der Waals surface area contributed by atoms with E-state index in [-0.39, 0.29) is 23.7 Å². The minimum Gasteiger partial charge on any atom is -0.326 e. The maximum absolute atomic E-state index is 12.1. The molecule has 0 aromatic heterocycles. The van der Waals surface area contributed by atoms with Gasteiger partial charge in [-0.05, 0) is 46.7 Å². The van der Waals surface area contributed by atoms with Crippen LogP contribution in [0, 0.1) is 0 Å². The maximum Gasteiger partial charge on any atom is 0.233 e. The number of benzene rings is 2. The molecule has 2 amide bonds. The zero-order valence-electron chi connectivity index (χ0n) is 16.2. The normalized spacial score (nSPS) is 11.3. The number of rotatable bonds is 5. The Morgan fingerprint density at radius 1 is 0.808 bits per heavy atom. The Hall–Kier alpha value is -2.62. The van der Waals surface area contributed by atoms with Gasteiger partial charge in [-0.15, -0.1) is 0 Å². The molecule has 2 N–H and O–H groups in total. The van der Waals surface area contributed by atoms with E-state index < -0.39 is 0 Å². The standard InChI is InChI=1S/C22H28N2O2/c1-15(2)16-6-10-18(11-7-16)23-20(25)14-21(26)24-19-12-8-17(9-13-19)22(3,4)5/h6-13,15H,14H2,1-5H3,(H,23,25)(H,24,26). The lowest BCUT2D eigenvalue weighted by molar-refractivity contribution is -0.123. The molecule has 4 nitrogen and oxygen atoms in total. The van der Waals surface area contributed by atoms with Crippen LogP contribution in [-0.4, -0.2) is 11.8 Å². The van der Waals surface area contributed by atoms with Crippen molar-refractivity contribution >= 4 is 23.2 Å². The number of hydrogen-bond acceptors (Lipinski definition) is 2. The van der Waals surface area contributed by atoms with Gasteiger partial charge in [0.15, 0.2) is 0 Å². The van der Waals surface area contributed by atoms with Crippen LogP contribution >= 0.6 is 0 Å². The number of carbonyl (C=O) groups excluding carboxylic acids is 2. The van der Waals surface area contributed by atoms with Crippen LogP contribution < -0.4 is 10.6 Å². The highest BCUT2D eigenvalue weighted by Gasteiger charge is 2.14. The predicted molar refractivity (Wildman–Crippen MR) is 108 cm³/mol. The van der Waals surface area contributed by atoms with Gasteiger partial charge in [-0.25, -0.2) is 0 Å². The van der Waals surface area contributed by atoms with Gasteiger partial charge in [0.25, 0.3) is 0 Å². The lowest BCUT2D eigenvalue weighted by atomic mass is 9.87. The summed E-state index contributed by atoms with van der Waals surface area (Å²) >= 11 is 0. The highest BCUT2D eigenvalue weighted by Crippen LogP contribution is 2.23. The van der Waals surface area contributed by atoms with Gasteiger partial charge in [-0.2, -0.15) is 0 Å². The van der Waals surface area contributed by atoms with Crippen molar-refractivity contribution in [2.75, 3.05) is 10.6 Å². The van der Waals surface area contributed by atoms with Crippen LogP contribution in [-0.2, 0) is 15.0 Å². The van der Waals surface area contributed by atoms with Crippen LogP contribution in [0.5, 0.6) is 0 Å². The minimum absolute atomic E-state index is 0.0630. The van der Waals surface area contributed by atoms with Crippen molar-refractivity contribution in [3.8, 4) is 0 Å². The highest BCUT2D eigenvalue weighted by molar-refractivity contribution is 6.08. The first kappa shape index (κ1) is 19.7. The fourth-order valence-electron chi connectivity index (χ4n) is 2.56. The molecule has 0 aliphatic heterocycles. The van der Waals surface area contributed by atoms with E-state index in [0.717, 1.165) is 0 Å². The number of anilines is 2. The van der Waals surface area contributed by atoms with Gasteiger partial charge < -0.3 is 10.6 Å². The van der Waals surface area contributed by atoms with Gasteiger partial charge >= 0.3 is 0 Å². The van der Waals surface area contributed by atoms with Crippen molar-refractivity contribution in [2.45, 2.75) is 52.4 Å². The van der Waals surface area contributed by atoms with Gasteiger partial charge in [0.2, 0.25) is 11.8 Å². The molecular formula is C22H28N2O2. The Morgan fingerprint density at radius 3 is 1.62 bits per heavy atom. The molecule has 138 valence electrons. The topological polar surface area (TPSA) is 58.2 Å². The molecule has 0 spiro atoms. The monoisotopic (exact) mass is 352 g/mol. The van der Waals surface area contributed by atoms with E-state index in [1.54, 1.807) is 0 Å². The third-order valence-corrected chi connectivity index (χ3v) is 4.22. The molecule has 0 saturated carbocycles. The largest absolute Gasteiger partial charge is 0.326 e. The molecule has 0 heterocycles. The van der Waals surface area contributed by atoms with Gasteiger partial charge in [0.05, 0.1) is 0 Å². The average molecular weight is 352 g/mol. The first-order valence-corrected chi connectivity index (χ1v) is 8.95. The van der Waals surface area contributed by atoms with Gasteiger partial charge in [-0.3, -0.25) is 9.59 Å². The smallest absolute Gasteiger partial charge is 0.233 e. The molecule has 0 aliphatic rings. The number of nitrogens with one attached hydrogen (secondary N) is 2. The lowest BCUT2D eigenvalue weighted by Crippen LogP contribution is -2.21. The van der Waals surface area contributed by atoms with Crippen molar-refractivity contribution in [2.24, 2.45) is 0 Å². The Bertz CT molecular complexity index is 754. The van der Waals surface area contributed by atoms with E-state index in [2.05, 4.69) is 45.3 Å². The summed E-state index contributed by atoms with van der Waals surface area (Å²) in [5.41, 5.74) is 3.85. The summed E-state index contributed by atoms with van der Waals surface area (Å²) in [6, 6.07) is 15.4.